The maximum absolute atomic E-state index is 5.43. The summed E-state index contributed by atoms with van der Waals surface area (Å²) >= 11 is 0. The molecular weight excluding hydrogens is 777 g/mol. The van der Waals surface area contributed by atoms with Gasteiger partial charge in [-0.2, -0.15) is 9.97 Å². The van der Waals surface area contributed by atoms with Crippen LogP contribution in [0, 0.1) is 0 Å². The van der Waals surface area contributed by atoms with E-state index in [4.69, 9.17) is 15.0 Å². The molecule has 12 rings (SSSR count). The van der Waals surface area contributed by atoms with Gasteiger partial charge in [-0.05, 0) is 85.0 Å². The zero-order chi connectivity index (χ0) is 42.8. The Bertz CT molecular complexity index is 3550. The summed E-state index contributed by atoms with van der Waals surface area (Å²) < 4.78 is 2.29. The molecule has 0 bridgehead atoms. The van der Waals surface area contributed by atoms with E-state index in [1.54, 1.807) is 0 Å². The number of benzene rings is 9. The standard InChI is InChI=1S/C60H42N4/c1-60(2)53-25-11-9-23-49(53)51-35-36-52-50-24-10-12-26-54(50)64(56(52)55(51)60)59-62-57(47-21-13-19-45(37-47)40-17-7-4-8-18-40)61-58(63-59)48-22-14-20-46(38-48)44-33-31-43(32-34-44)42-29-27-41(28-30-42)39-15-5-3-6-16-39/h3-38H,1-2H3. The van der Waals surface area contributed by atoms with Gasteiger partial charge >= 0.3 is 0 Å². The Balaban J connectivity index is 1.01. The molecule has 0 N–H and O–H groups in total. The maximum atomic E-state index is 5.43. The fourth-order valence-electron chi connectivity index (χ4n) is 9.89. The minimum atomic E-state index is -0.254. The van der Waals surface area contributed by atoms with E-state index < -0.39 is 0 Å². The van der Waals surface area contributed by atoms with E-state index in [0.29, 0.717) is 17.6 Å². The van der Waals surface area contributed by atoms with E-state index in [2.05, 4.69) is 231 Å². The molecule has 4 heteroatoms. The average Bonchev–Trinajstić information content (AvgIpc) is 3.82. The summed E-state index contributed by atoms with van der Waals surface area (Å²) in [6.07, 6.45) is 0. The Labute approximate surface area is 372 Å². The number of hydrogen-bond donors (Lipinski definition) is 0. The molecule has 9 aromatic carbocycles. The van der Waals surface area contributed by atoms with E-state index in [1.807, 2.05) is 6.07 Å². The molecule has 0 unspecified atom stereocenters. The highest BCUT2D eigenvalue weighted by atomic mass is 15.2. The first-order valence-electron chi connectivity index (χ1n) is 21.9. The lowest BCUT2D eigenvalue weighted by Crippen LogP contribution is -2.17. The van der Waals surface area contributed by atoms with Crippen molar-refractivity contribution < 1.29 is 0 Å². The predicted octanol–water partition coefficient (Wildman–Crippen LogP) is 15.3. The van der Waals surface area contributed by atoms with Gasteiger partial charge in [-0.1, -0.05) is 214 Å². The van der Waals surface area contributed by atoms with Crippen LogP contribution in [0.3, 0.4) is 0 Å². The first kappa shape index (κ1) is 37.5. The zero-order valence-electron chi connectivity index (χ0n) is 35.6. The molecule has 0 spiro atoms. The lowest BCUT2D eigenvalue weighted by molar-refractivity contribution is 0.663. The molecule has 11 aromatic rings. The fraction of sp³-hybridized carbons (Fsp3) is 0.0500. The highest BCUT2D eigenvalue weighted by molar-refractivity contribution is 6.13. The van der Waals surface area contributed by atoms with Crippen LogP contribution in [-0.4, -0.2) is 19.5 Å². The van der Waals surface area contributed by atoms with Crippen LogP contribution >= 0.6 is 0 Å². The van der Waals surface area contributed by atoms with Crippen LogP contribution in [0.4, 0.5) is 0 Å². The first-order valence-corrected chi connectivity index (χ1v) is 21.9. The lowest BCUT2D eigenvalue weighted by Gasteiger charge is -2.23. The second-order valence-corrected chi connectivity index (χ2v) is 17.2. The minimum Gasteiger partial charge on any atom is -0.277 e. The third-order valence-electron chi connectivity index (χ3n) is 13.1. The van der Waals surface area contributed by atoms with E-state index in [0.717, 1.165) is 44.4 Å². The topological polar surface area (TPSA) is 43.6 Å². The smallest absolute Gasteiger partial charge is 0.238 e. The Hall–Kier alpha value is -8.21. The number of nitrogens with zero attached hydrogens (tertiary/aromatic N) is 4. The molecule has 0 atom stereocenters. The van der Waals surface area contributed by atoms with E-state index in [9.17, 15) is 0 Å². The van der Waals surface area contributed by atoms with Crippen molar-refractivity contribution in [1.82, 2.24) is 19.5 Å². The van der Waals surface area contributed by atoms with Crippen LogP contribution < -0.4 is 0 Å². The molecule has 0 radical (unpaired) electrons. The van der Waals surface area contributed by atoms with Crippen molar-refractivity contribution in [2.45, 2.75) is 19.3 Å². The van der Waals surface area contributed by atoms with E-state index in [-0.39, 0.29) is 5.41 Å². The van der Waals surface area contributed by atoms with Crippen LogP contribution in [-0.2, 0) is 5.41 Å². The molecular formula is C60H42N4. The van der Waals surface area contributed by atoms with Crippen molar-refractivity contribution in [2.24, 2.45) is 0 Å². The normalized spacial score (nSPS) is 12.7. The number of hydrogen-bond acceptors (Lipinski definition) is 3. The Morgan fingerprint density at radius 3 is 1.39 bits per heavy atom. The van der Waals surface area contributed by atoms with Gasteiger partial charge in [0.2, 0.25) is 5.95 Å². The molecule has 0 aliphatic heterocycles. The van der Waals surface area contributed by atoms with Crippen LogP contribution in [0.1, 0.15) is 25.0 Å². The van der Waals surface area contributed by atoms with E-state index >= 15 is 0 Å². The zero-order valence-corrected chi connectivity index (χ0v) is 35.6. The molecule has 1 aliphatic rings. The van der Waals surface area contributed by atoms with E-state index in [1.165, 1.54) is 55.3 Å². The van der Waals surface area contributed by atoms with Gasteiger partial charge in [-0.25, -0.2) is 4.98 Å². The Kier molecular flexibility index (Phi) is 8.80. The van der Waals surface area contributed by atoms with Gasteiger partial charge < -0.3 is 0 Å². The van der Waals surface area contributed by atoms with Gasteiger partial charge in [0.25, 0.3) is 0 Å². The van der Waals surface area contributed by atoms with Crippen molar-refractivity contribution in [3.8, 4) is 84.4 Å². The van der Waals surface area contributed by atoms with Crippen molar-refractivity contribution in [3.63, 3.8) is 0 Å². The summed E-state index contributed by atoms with van der Waals surface area (Å²) in [5.74, 6) is 1.82. The summed E-state index contributed by atoms with van der Waals surface area (Å²) in [6.45, 7) is 4.69. The Morgan fingerprint density at radius 1 is 0.344 bits per heavy atom. The lowest BCUT2D eigenvalue weighted by atomic mass is 9.81. The van der Waals surface area contributed by atoms with Gasteiger partial charge in [0, 0.05) is 27.3 Å². The molecule has 0 saturated carbocycles. The predicted molar refractivity (Wildman–Crippen MR) is 264 cm³/mol. The van der Waals surface area contributed by atoms with Gasteiger partial charge in [0.1, 0.15) is 0 Å². The summed E-state index contributed by atoms with van der Waals surface area (Å²) in [7, 11) is 0. The van der Waals surface area contributed by atoms with Crippen molar-refractivity contribution in [1.29, 1.82) is 0 Å². The largest absolute Gasteiger partial charge is 0.277 e. The van der Waals surface area contributed by atoms with Crippen LogP contribution in [0.2, 0.25) is 0 Å². The summed E-state index contributed by atoms with van der Waals surface area (Å²) in [5, 5.41) is 2.35. The number of aromatic nitrogens is 4. The monoisotopic (exact) mass is 818 g/mol. The van der Waals surface area contributed by atoms with Gasteiger partial charge in [0.15, 0.2) is 11.6 Å². The van der Waals surface area contributed by atoms with Crippen molar-refractivity contribution >= 4 is 21.8 Å². The highest BCUT2D eigenvalue weighted by Gasteiger charge is 2.38. The number of rotatable bonds is 7. The van der Waals surface area contributed by atoms with Crippen LogP contribution in [0.25, 0.3) is 106 Å². The second kappa shape index (κ2) is 15.0. The third kappa shape index (κ3) is 6.26. The van der Waals surface area contributed by atoms with Crippen molar-refractivity contribution in [3.05, 3.63) is 230 Å². The summed E-state index contributed by atoms with van der Waals surface area (Å²) in [6, 6.07) is 77.8. The fourth-order valence-corrected chi connectivity index (χ4v) is 9.89. The number of fused-ring (bicyclic) bond motifs is 7. The second-order valence-electron chi connectivity index (χ2n) is 17.2. The SMILES string of the molecule is CC1(C)c2ccccc2-c2ccc3c4ccccc4n(-c4nc(-c5cccc(-c6ccccc6)c5)nc(-c5cccc(-c6ccc(-c7ccc(-c8ccccc8)cc7)cc6)c5)n4)c3c21. The molecule has 0 amide bonds. The quantitative estimate of drug-likeness (QED) is 0.161. The molecule has 64 heavy (non-hydrogen) atoms. The van der Waals surface area contributed by atoms with Crippen LogP contribution in [0.15, 0.2) is 218 Å². The first-order chi connectivity index (χ1) is 31.5. The molecule has 0 fully saturated rings. The summed E-state index contributed by atoms with van der Waals surface area (Å²) in [4.78, 5) is 16.1. The van der Waals surface area contributed by atoms with Gasteiger partial charge in [-0.15, -0.1) is 0 Å². The molecule has 0 saturated heterocycles. The van der Waals surface area contributed by atoms with Crippen LogP contribution in [0.5, 0.6) is 0 Å². The summed E-state index contributed by atoms with van der Waals surface area (Å²) in [5.41, 5.74) is 18.2. The number of para-hydroxylation sites is 1. The van der Waals surface area contributed by atoms with Crippen molar-refractivity contribution in [2.75, 3.05) is 0 Å². The Morgan fingerprint density at radius 2 is 0.797 bits per heavy atom. The molecule has 1 aliphatic carbocycles. The average molecular weight is 819 g/mol. The molecule has 2 heterocycles. The molecule has 2 aromatic heterocycles. The van der Waals surface area contributed by atoms with Gasteiger partial charge in [-0.3, -0.25) is 4.57 Å². The minimum absolute atomic E-state index is 0.254. The van der Waals surface area contributed by atoms with Gasteiger partial charge in [0.05, 0.1) is 11.0 Å². The third-order valence-corrected chi connectivity index (χ3v) is 13.1. The molecule has 4 nitrogen and oxygen atoms in total. The maximum Gasteiger partial charge on any atom is 0.238 e. The highest BCUT2D eigenvalue weighted by Crippen LogP contribution is 2.53. The molecule has 302 valence electrons.